The molecule has 0 saturated heterocycles. The predicted octanol–water partition coefficient (Wildman–Crippen LogP) is 4.70. The van der Waals surface area contributed by atoms with E-state index in [1.165, 1.54) is 0 Å². The normalized spacial score (nSPS) is 11.9. The molecular weight excluding hydrogens is 318 g/mol. The molecule has 0 saturated carbocycles. The van der Waals surface area contributed by atoms with Gasteiger partial charge in [-0.1, -0.05) is 55.6 Å². The fourth-order valence-corrected chi connectivity index (χ4v) is 2.70. The van der Waals surface area contributed by atoms with Crippen molar-refractivity contribution in [2.45, 2.75) is 13.8 Å². The van der Waals surface area contributed by atoms with E-state index in [0.717, 1.165) is 40.1 Å². The maximum Gasteiger partial charge on any atom is 0.0434 e. The van der Waals surface area contributed by atoms with Crippen LogP contribution < -0.4 is 16.8 Å². The Morgan fingerprint density at radius 2 is 1.77 bits per heavy atom. The Hall–Kier alpha value is -3.20. The van der Waals surface area contributed by atoms with Crippen LogP contribution in [0, 0.1) is 0 Å². The second-order valence-corrected chi connectivity index (χ2v) is 6.01. The number of hydrogen-bond acceptors (Lipinski definition) is 3. The van der Waals surface area contributed by atoms with Crippen LogP contribution in [0.4, 0.5) is 5.69 Å². The molecule has 0 amide bonds. The Balaban J connectivity index is 2.54. The Kier molecular flexibility index (Phi) is 6.45. The number of nitrogen functional groups attached to an aromatic ring is 1. The molecule has 0 aliphatic heterocycles. The van der Waals surface area contributed by atoms with E-state index in [4.69, 9.17) is 11.5 Å². The molecule has 0 aliphatic carbocycles. The Morgan fingerprint density at radius 1 is 1.08 bits per heavy atom. The summed E-state index contributed by atoms with van der Waals surface area (Å²) < 4.78 is 0. The molecule has 134 valence electrons. The zero-order valence-corrected chi connectivity index (χ0v) is 15.5. The van der Waals surface area contributed by atoms with Crippen molar-refractivity contribution in [2.24, 2.45) is 5.73 Å². The minimum atomic E-state index is 0.681. The summed E-state index contributed by atoms with van der Waals surface area (Å²) in [4.78, 5) is 0. The van der Waals surface area contributed by atoms with Gasteiger partial charge in [0.2, 0.25) is 0 Å². The number of allylic oxidation sites excluding steroid dienone is 3. The molecule has 0 spiro atoms. The first-order chi connectivity index (χ1) is 12.5. The minimum Gasteiger partial charge on any atom is -0.399 e. The molecule has 0 radical (unpaired) electrons. The highest BCUT2D eigenvalue weighted by Crippen LogP contribution is 2.32. The van der Waals surface area contributed by atoms with Gasteiger partial charge in [-0.25, -0.2) is 0 Å². The van der Waals surface area contributed by atoms with E-state index >= 15 is 0 Å². The Morgan fingerprint density at radius 3 is 2.38 bits per heavy atom. The summed E-state index contributed by atoms with van der Waals surface area (Å²) in [6.45, 7) is 13.3. The molecule has 5 N–H and O–H groups in total. The second kappa shape index (κ2) is 8.77. The molecule has 3 heteroatoms. The van der Waals surface area contributed by atoms with Gasteiger partial charge >= 0.3 is 0 Å². The van der Waals surface area contributed by atoms with Crippen molar-refractivity contribution in [3.05, 3.63) is 102 Å². The van der Waals surface area contributed by atoms with Crippen molar-refractivity contribution in [1.29, 1.82) is 0 Å². The van der Waals surface area contributed by atoms with E-state index in [1.807, 2.05) is 74.5 Å². The average molecular weight is 345 g/mol. The number of rotatable bonds is 7. The maximum absolute atomic E-state index is 6.05. The van der Waals surface area contributed by atoms with Gasteiger partial charge in [0.25, 0.3) is 0 Å². The highest BCUT2D eigenvalue weighted by Gasteiger charge is 2.14. The van der Waals surface area contributed by atoms with Gasteiger partial charge in [0.05, 0.1) is 0 Å². The largest absolute Gasteiger partial charge is 0.399 e. The SMILES string of the molecule is C=C(/C(=C\C(N)=C/C)NCC)c1ccc(N)cc1C(=C)c1ccccc1. The molecule has 2 rings (SSSR count). The van der Waals surface area contributed by atoms with Gasteiger partial charge in [0.15, 0.2) is 0 Å². The van der Waals surface area contributed by atoms with E-state index in [1.54, 1.807) is 0 Å². The number of hydrogen-bond donors (Lipinski definition) is 3. The van der Waals surface area contributed by atoms with E-state index < -0.39 is 0 Å². The average Bonchev–Trinajstić information content (AvgIpc) is 2.67. The van der Waals surface area contributed by atoms with Crippen LogP contribution in [0.15, 0.2) is 85.2 Å². The fourth-order valence-electron chi connectivity index (χ4n) is 2.70. The van der Waals surface area contributed by atoms with E-state index in [0.29, 0.717) is 11.4 Å². The smallest absolute Gasteiger partial charge is 0.0434 e. The summed E-state index contributed by atoms with van der Waals surface area (Å²) in [6.07, 6.45) is 3.76. The number of anilines is 1. The van der Waals surface area contributed by atoms with E-state index in [-0.39, 0.29) is 0 Å². The summed E-state index contributed by atoms with van der Waals surface area (Å²) in [6, 6.07) is 15.9. The van der Waals surface area contributed by atoms with Crippen molar-refractivity contribution >= 4 is 16.8 Å². The van der Waals surface area contributed by atoms with Crippen LogP contribution in [0.25, 0.3) is 11.1 Å². The summed E-state index contributed by atoms with van der Waals surface area (Å²) in [7, 11) is 0. The quantitative estimate of drug-likeness (QED) is 0.503. The molecule has 0 atom stereocenters. The van der Waals surface area contributed by atoms with Crippen LogP contribution in [0.2, 0.25) is 0 Å². The number of benzene rings is 2. The zero-order chi connectivity index (χ0) is 19.1. The molecule has 0 heterocycles. The first kappa shape index (κ1) is 19.1. The summed E-state index contributed by atoms with van der Waals surface area (Å²) in [5.41, 5.74) is 19.1. The molecule has 2 aromatic carbocycles. The summed E-state index contributed by atoms with van der Waals surface area (Å²) in [5.74, 6) is 0. The lowest BCUT2D eigenvalue weighted by Crippen LogP contribution is -2.15. The van der Waals surface area contributed by atoms with Crippen LogP contribution in [0.5, 0.6) is 0 Å². The van der Waals surface area contributed by atoms with Crippen LogP contribution >= 0.6 is 0 Å². The molecular formula is C23H27N3. The first-order valence-electron chi connectivity index (χ1n) is 8.69. The van der Waals surface area contributed by atoms with Gasteiger partial charge < -0.3 is 16.8 Å². The van der Waals surface area contributed by atoms with Crippen molar-refractivity contribution in [3.63, 3.8) is 0 Å². The number of nitrogens with one attached hydrogen (secondary N) is 1. The maximum atomic E-state index is 6.05. The highest BCUT2D eigenvalue weighted by molar-refractivity contribution is 5.90. The van der Waals surface area contributed by atoms with Gasteiger partial charge in [-0.2, -0.15) is 0 Å². The molecule has 0 unspecified atom stereocenters. The van der Waals surface area contributed by atoms with Gasteiger partial charge in [0.1, 0.15) is 0 Å². The molecule has 0 bridgehead atoms. The topological polar surface area (TPSA) is 64.1 Å². The first-order valence-corrected chi connectivity index (χ1v) is 8.69. The number of nitrogens with two attached hydrogens (primary N) is 2. The third kappa shape index (κ3) is 4.45. The van der Waals surface area contributed by atoms with Crippen LogP contribution in [0.1, 0.15) is 30.5 Å². The molecule has 0 fully saturated rings. The zero-order valence-electron chi connectivity index (χ0n) is 15.5. The van der Waals surface area contributed by atoms with Gasteiger partial charge in [-0.05, 0) is 59.9 Å². The van der Waals surface area contributed by atoms with Crippen molar-refractivity contribution in [3.8, 4) is 0 Å². The molecule has 0 aromatic heterocycles. The van der Waals surface area contributed by atoms with Gasteiger partial charge in [-0.15, -0.1) is 0 Å². The fraction of sp³-hybridized carbons (Fsp3) is 0.130. The third-order valence-electron chi connectivity index (χ3n) is 4.15. The lowest BCUT2D eigenvalue weighted by atomic mass is 9.90. The predicted molar refractivity (Wildman–Crippen MR) is 114 cm³/mol. The molecule has 26 heavy (non-hydrogen) atoms. The standard InChI is InChI=1S/C23H27N3/c1-5-19(24)15-23(26-6-2)17(4)21-13-12-20(25)14-22(21)16(3)18-10-8-7-9-11-18/h5,7-15,26H,3-4,6,24-25H2,1-2H3/b19-5+,23-15+. The lowest BCUT2D eigenvalue weighted by molar-refractivity contribution is 0.882. The Bertz CT molecular complexity index is 858. The van der Waals surface area contributed by atoms with Crippen LogP contribution in [0.3, 0.4) is 0 Å². The van der Waals surface area contributed by atoms with Crippen molar-refractivity contribution in [1.82, 2.24) is 5.32 Å². The Labute approximate surface area is 156 Å². The van der Waals surface area contributed by atoms with Crippen LogP contribution in [-0.4, -0.2) is 6.54 Å². The molecule has 0 aliphatic rings. The van der Waals surface area contributed by atoms with E-state index in [9.17, 15) is 0 Å². The lowest BCUT2D eigenvalue weighted by Gasteiger charge is -2.18. The molecule has 2 aromatic rings. The third-order valence-corrected chi connectivity index (χ3v) is 4.15. The van der Waals surface area contributed by atoms with Gasteiger partial charge in [0, 0.05) is 23.6 Å². The van der Waals surface area contributed by atoms with Crippen molar-refractivity contribution in [2.75, 3.05) is 12.3 Å². The van der Waals surface area contributed by atoms with E-state index in [2.05, 4.69) is 18.5 Å². The number of likely N-dealkylation sites (N-methyl/N-ethyl adjacent to an activating group) is 1. The highest BCUT2D eigenvalue weighted by atomic mass is 14.9. The molecule has 3 nitrogen and oxygen atoms in total. The second-order valence-electron chi connectivity index (χ2n) is 6.01. The van der Waals surface area contributed by atoms with Crippen molar-refractivity contribution < 1.29 is 0 Å². The minimum absolute atomic E-state index is 0.681. The summed E-state index contributed by atoms with van der Waals surface area (Å²) >= 11 is 0. The monoisotopic (exact) mass is 345 g/mol. The van der Waals surface area contributed by atoms with Crippen LogP contribution in [-0.2, 0) is 0 Å². The van der Waals surface area contributed by atoms with Gasteiger partial charge in [-0.3, -0.25) is 0 Å². The summed E-state index contributed by atoms with van der Waals surface area (Å²) in [5, 5.41) is 3.35.